The highest BCUT2D eigenvalue weighted by Gasteiger charge is 2.57. The fourth-order valence-corrected chi connectivity index (χ4v) is 4.37. The Morgan fingerprint density at radius 2 is 1.90 bits per heavy atom. The Balaban J connectivity index is 1.44. The first-order valence-corrected chi connectivity index (χ1v) is 8.78. The van der Waals surface area contributed by atoms with Gasteiger partial charge in [-0.05, 0) is 69.4 Å². The van der Waals surface area contributed by atoms with Crippen LogP contribution in [0.25, 0.3) is 0 Å². The van der Waals surface area contributed by atoms with Crippen molar-refractivity contribution < 1.29 is 9.90 Å². The molecule has 120 valence electrons. The van der Waals surface area contributed by atoms with E-state index >= 15 is 0 Å². The second-order valence-corrected chi connectivity index (χ2v) is 7.66. The van der Waals surface area contributed by atoms with Crippen LogP contribution in [0.15, 0.2) is 0 Å². The molecule has 0 bridgehead atoms. The highest BCUT2D eigenvalue weighted by Crippen LogP contribution is 2.58. The molecule has 1 heterocycles. The maximum Gasteiger partial charge on any atom is 0.223 e. The van der Waals surface area contributed by atoms with Gasteiger partial charge in [0.2, 0.25) is 5.91 Å². The number of amides is 1. The van der Waals surface area contributed by atoms with Gasteiger partial charge >= 0.3 is 0 Å². The van der Waals surface area contributed by atoms with Crippen molar-refractivity contribution in [2.24, 2.45) is 17.3 Å². The predicted molar refractivity (Wildman–Crippen MR) is 82.9 cm³/mol. The summed E-state index contributed by atoms with van der Waals surface area (Å²) in [4.78, 5) is 12.3. The van der Waals surface area contributed by atoms with Gasteiger partial charge in [-0.2, -0.15) is 0 Å². The van der Waals surface area contributed by atoms with Crippen LogP contribution in [0.4, 0.5) is 0 Å². The largest absolute Gasteiger partial charge is 0.388 e. The second kappa shape index (κ2) is 5.88. The third-order valence-electron chi connectivity index (χ3n) is 6.31. The topological polar surface area (TPSA) is 61.4 Å². The summed E-state index contributed by atoms with van der Waals surface area (Å²) in [7, 11) is 0. The molecule has 0 aromatic heterocycles. The van der Waals surface area contributed by atoms with E-state index in [0.717, 1.165) is 64.0 Å². The highest BCUT2D eigenvalue weighted by molar-refractivity contribution is 5.82. The van der Waals surface area contributed by atoms with Gasteiger partial charge in [0.1, 0.15) is 0 Å². The maximum absolute atomic E-state index is 12.3. The van der Waals surface area contributed by atoms with Crippen molar-refractivity contribution in [3.05, 3.63) is 0 Å². The molecule has 1 aliphatic heterocycles. The number of rotatable bonds is 4. The molecule has 1 saturated heterocycles. The molecule has 0 radical (unpaired) electrons. The van der Waals surface area contributed by atoms with E-state index < -0.39 is 5.60 Å². The van der Waals surface area contributed by atoms with Crippen molar-refractivity contribution in [3.8, 4) is 0 Å². The predicted octanol–water partition coefficient (Wildman–Crippen LogP) is 1.82. The van der Waals surface area contributed by atoms with Crippen molar-refractivity contribution >= 4 is 5.91 Å². The minimum atomic E-state index is -0.655. The molecule has 1 atom stereocenters. The lowest BCUT2D eigenvalue weighted by atomic mass is 9.78. The zero-order valence-corrected chi connectivity index (χ0v) is 13.3. The van der Waals surface area contributed by atoms with E-state index in [1.807, 2.05) is 0 Å². The molecule has 1 unspecified atom stereocenters. The number of nitrogens with one attached hydrogen (secondary N) is 2. The van der Waals surface area contributed by atoms with E-state index in [-0.39, 0.29) is 17.2 Å². The third kappa shape index (κ3) is 3.26. The molecule has 0 aromatic carbocycles. The Morgan fingerprint density at radius 3 is 2.52 bits per heavy atom. The zero-order chi connectivity index (χ0) is 14.9. The first-order valence-electron chi connectivity index (χ1n) is 8.78. The second-order valence-electron chi connectivity index (χ2n) is 7.66. The average Bonchev–Trinajstić information content (AvgIpc) is 3.20. The molecule has 2 saturated carbocycles. The molecule has 3 aliphatic rings. The summed E-state index contributed by atoms with van der Waals surface area (Å²) >= 11 is 0. The van der Waals surface area contributed by atoms with Crippen molar-refractivity contribution in [2.75, 3.05) is 19.6 Å². The summed E-state index contributed by atoms with van der Waals surface area (Å²) in [5.41, 5.74) is -0.366. The van der Waals surface area contributed by atoms with Gasteiger partial charge in [0.15, 0.2) is 0 Å². The number of carbonyl (C=O) groups is 1. The molecule has 2 aliphatic carbocycles. The SMILES string of the molecule is CCC1CCC(O)(CNC(=O)C2CC23CCNCC3)CC1. The maximum atomic E-state index is 12.3. The number of aliphatic hydroxyl groups is 1. The lowest BCUT2D eigenvalue weighted by molar-refractivity contribution is -0.125. The monoisotopic (exact) mass is 294 g/mol. The van der Waals surface area contributed by atoms with Gasteiger partial charge in [-0.3, -0.25) is 4.79 Å². The van der Waals surface area contributed by atoms with Gasteiger partial charge in [-0.1, -0.05) is 13.3 Å². The standard InChI is InChI=1S/C17H30N2O2/c1-2-13-3-5-17(21,6-4-13)12-19-15(20)14-11-16(14)7-9-18-10-8-16/h13-14,18,21H,2-12H2,1H3,(H,19,20). The van der Waals surface area contributed by atoms with Crippen molar-refractivity contribution in [1.82, 2.24) is 10.6 Å². The van der Waals surface area contributed by atoms with Gasteiger partial charge in [0.25, 0.3) is 0 Å². The van der Waals surface area contributed by atoms with Crippen LogP contribution < -0.4 is 10.6 Å². The molecule has 4 heteroatoms. The Morgan fingerprint density at radius 1 is 1.24 bits per heavy atom. The molecule has 1 amide bonds. The van der Waals surface area contributed by atoms with Crippen LogP contribution in [0, 0.1) is 17.3 Å². The number of carbonyl (C=O) groups excluding carboxylic acids is 1. The van der Waals surface area contributed by atoms with Crippen LogP contribution in [0.2, 0.25) is 0 Å². The number of hydrogen-bond donors (Lipinski definition) is 3. The van der Waals surface area contributed by atoms with E-state index in [9.17, 15) is 9.90 Å². The molecule has 1 spiro atoms. The number of hydrogen-bond acceptors (Lipinski definition) is 3. The molecular formula is C17H30N2O2. The summed E-state index contributed by atoms with van der Waals surface area (Å²) < 4.78 is 0. The molecular weight excluding hydrogens is 264 g/mol. The van der Waals surface area contributed by atoms with E-state index in [2.05, 4.69) is 17.6 Å². The van der Waals surface area contributed by atoms with Gasteiger partial charge in [0, 0.05) is 12.5 Å². The van der Waals surface area contributed by atoms with Crippen LogP contribution in [-0.2, 0) is 4.79 Å². The van der Waals surface area contributed by atoms with Crippen LogP contribution in [0.5, 0.6) is 0 Å². The molecule has 21 heavy (non-hydrogen) atoms. The first kappa shape index (κ1) is 15.3. The van der Waals surface area contributed by atoms with Crippen LogP contribution >= 0.6 is 0 Å². The van der Waals surface area contributed by atoms with Crippen molar-refractivity contribution in [1.29, 1.82) is 0 Å². The Hall–Kier alpha value is -0.610. The zero-order valence-electron chi connectivity index (χ0n) is 13.3. The minimum absolute atomic E-state index is 0.183. The van der Waals surface area contributed by atoms with Crippen molar-refractivity contribution in [2.45, 2.75) is 63.9 Å². The Kier molecular flexibility index (Phi) is 4.28. The Bertz CT molecular complexity index is 382. The summed E-state index contributed by atoms with van der Waals surface area (Å²) in [6, 6.07) is 0. The summed E-state index contributed by atoms with van der Waals surface area (Å²) in [5.74, 6) is 1.15. The van der Waals surface area contributed by atoms with Crippen LogP contribution in [0.3, 0.4) is 0 Å². The first-order chi connectivity index (χ1) is 10.1. The summed E-state index contributed by atoms with van der Waals surface area (Å²) in [6.45, 7) is 4.77. The fraction of sp³-hybridized carbons (Fsp3) is 0.941. The summed E-state index contributed by atoms with van der Waals surface area (Å²) in [5, 5.41) is 17.0. The molecule has 4 nitrogen and oxygen atoms in total. The van der Waals surface area contributed by atoms with Gasteiger partial charge < -0.3 is 15.7 Å². The lowest BCUT2D eigenvalue weighted by Crippen LogP contribution is -2.46. The van der Waals surface area contributed by atoms with Gasteiger partial charge in [0.05, 0.1) is 5.60 Å². The number of piperidine rings is 1. The molecule has 0 aromatic rings. The van der Waals surface area contributed by atoms with E-state index in [0.29, 0.717) is 6.54 Å². The third-order valence-corrected chi connectivity index (χ3v) is 6.31. The fourth-order valence-electron chi connectivity index (χ4n) is 4.37. The van der Waals surface area contributed by atoms with E-state index in [1.165, 1.54) is 6.42 Å². The van der Waals surface area contributed by atoms with E-state index in [4.69, 9.17) is 0 Å². The smallest absolute Gasteiger partial charge is 0.223 e. The lowest BCUT2D eigenvalue weighted by Gasteiger charge is -2.36. The highest BCUT2D eigenvalue weighted by atomic mass is 16.3. The van der Waals surface area contributed by atoms with Crippen LogP contribution in [0.1, 0.15) is 58.3 Å². The van der Waals surface area contributed by atoms with Gasteiger partial charge in [-0.15, -0.1) is 0 Å². The van der Waals surface area contributed by atoms with Gasteiger partial charge in [-0.25, -0.2) is 0 Å². The Labute approximate surface area is 128 Å². The normalized spacial score (nSPS) is 38.2. The average molecular weight is 294 g/mol. The molecule has 3 rings (SSSR count). The quantitative estimate of drug-likeness (QED) is 0.741. The molecule has 3 fully saturated rings. The van der Waals surface area contributed by atoms with Crippen LogP contribution in [-0.4, -0.2) is 36.2 Å². The molecule has 3 N–H and O–H groups in total. The summed E-state index contributed by atoms with van der Waals surface area (Å²) in [6.07, 6.45) is 8.40. The van der Waals surface area contributed by atoms with E-state index in [1.54, 1.807) is 0 Å². The van der Waals surface area contributed by atoms with Crippen molar-refractivity contribution in [3.63, 3.8) is 0 Å². The minimum Gasteiger partial charge on any atom is -0.388 e.